The van der Waals surface area contributed by atoms with Crippen LogP contribution in [0.4, 0.5) is 22.2 Å². The molecule has 1 aromatic carbocycles. The zero-order chi connectivity index (χ0) is 26.4. The summed E-state index contributed by atoms with van der Waals surface area (Å²) < 4.78 is 3.76. The van der Waals surface area contributed by atoms with Gasteiger partial charge < -0.3 is 5.73 Å². The highest BCUT2D eigenvalue weighted by atomic mass is 16.2. The second kappa shape index (κ2) is 8.98. The Morgan fingerprint density at radius 3 is 2.53 bits per heavy atom. The third-order valence-electron chi connectivity index (χ3n) is 6.55. The zero-order valence-electron chi connectivity index (χ0n) is 21.5. The highest BCUT2D eigenvalue weighted by molar-refractivity contribution is 5.99. The van der Waals surface area contributed by atoms with Gasteiger partial charge in [-0.25, -0.2) is 24.4 Å². The number of amides is 2. The number of benzene rings is 1. The van der Waals surface area contributed by atoms with E-state index in [1.54, 1.807) is 23.1 Å². The number of para-hydroxylation sites is 1. The fourth-order valence-electron chi connectivity index (χ4n) is 4.39. The second-order valence-electron chi connectivity index (χ2n) is 10.5. The number of nitrogens with one attached hydrogen (secondary N) is 2. The predicted molar refractivity (Wildman–Crippen MR) is 148 cm³/mol. The average molecular weight is 508 g/mol. The summed E-state index contributed by atoms with van der Waals surface area (Å²) in [6, 6.07) is 14.8. The van der Waals surface area contributed by atoms with E-state index >= 15 is 0 Å². The maximum absolute atomic E-state index is 12.9. The number of nitrogen functional groups attached to an aromatic ring is 1. The van der Waals surface area contributed by atoms with Crippen molar-refractivity contribution >= 4 is 29.0 Å². The maximum atomic E-state index is 12.9. The Kier molecular flexibility index (Phi) is 5.59. The van der Waals surface area contributed by atoms with Crippen LogP contribution < -0.4 is 16.4 Å². The lowest BCUT2D eigenvalue weighted by molar-refractivity contribution is 0.262. The normalized spacial score (nSPS) is 13.6. The van der Waals surface area contributed by atoms with E-state index in [1.807, 2.05) is 53.1 Å². The molecule has 4 heterocycles. The van der Waals surface area contributed by atoms with Crippen molar-refractivity contribution in [2.45, 2.75) is 44.9 Å². The lowest BCUT2D eigenvalue weighted by atomic mass is 9.92. The van der Waals surface area contributed by atoms with Gasteiger partial charge >= 0.3 is 6.03 Å². The molecule has 1 saturated carbocycles. The Hall–Kier alpha value is -4.73. The number of urea groups is 1. The van der Waals surface area contributed by atoms with Gasteiger partial charge in [0.2, 0.25) is 0 Å². The number of hydrogen-bond donors (Lipinski definition) is 3. The summed E-state index contributed by atoms with van der Waals surface area (Å²) in [5.74, 6) is 2.84. The van der Waals surface area contributed by atoms with Gasteiger partial charge in [-0.15, -0.1) is 0 Å². The molecule has 192 valence electrons. The van der Waals surface area contributed by atoms with E-state index in [0.717, 1.165) is 46.8 Å². The van der Waals surface area contributed by atoms with Crippen molar-refractivity contribution in [1.82, 2.24) is 29.1 Å². The van der Waals surface area contributed by atoms with Crippen LogP contribution in [-0.4, -0.2) is 35.2 Å². The van der Waals surface area contributed by atoms with Crippen molar-refractivity contribution in [1.29, 1.82) is 0 Å². The Morgan fingerprint density at radius 1 is 1.05 bits per heavy atom. The molecule has 1 aliphatic carbocycles. The molecule has 6 rings (SSSR count). The molecule has 0 radical (unpaired) electrons. The summed E-state index contributed by atoms with van der Waals surface area (Å²) in [5, 5.41) is 10.5. The van der Waals surface area contributed by atoms with Crippen LogP contribution in [0, 0.1) is 0 Å². The monoisotopic (exact) mass is 507 g/mol. The molecule has 0 bridgehead atoms. The minimum atomic E-state index is -0.417. The molecule has 4 N–H and O–H groups in total. The van der Waals surface area contributed by atoms with Crippen LogP contribution in [0.2, 0.25) is 0 Å². The fourth-order valence-corrected chi connectivity index (χ4v) is 4.39. The van der Waals surface area contributed by atoms with Crippen molar-refractivity contribution in [3.63, 3.8) is 0 Å². The Bertz CT molecular complexity index is 1630. The molecule has 0 aliphatic heterocycles. The molecule has 0 unspecified atom stereocenters. The molecule has 0 spiro atoms. The van der Waals surface area contributed by atoms with Crippen LogP contribution in [0.25, 0.3) is 22.5 Å². The minimum Gasteiger partial charge on any atom is -0.382 e. The van der Waals surface area contributed by atoms with E-state index in [0.29, 0.717) is 23.4 Å². The van der Waals surface area contributed by atoms with Gasteiger partial charge in [-0.05, 0) is 37.1 Å². The van der Waals surface area contributed by atoms with Crippen LogP contribution in [0.5, 0.6) is 0 Å². The Balaban J connectivity index is 1.24. The number of nitrogens with two attached hydrogens (primary N) is 1. The number of carbonyl (C=O) groups excluding carboxylic acids is 1. The number of imidazole rings is 1. The largest absolute Gasteiger partial charge is 0.382 e. The van der Waals surface area contributed by atoms with E-state index in [1.165, 1.54) is 0 Å². The van der Waals surface area contributed by atoms with Crippen LogP contribution in [0.3, 0.4) is 0 Å². The van der Waals surface area contributed by atoms with Crippen molar-refractivity contribution < 1.29 is 4.79 Å². The first kappa shape index (κ1) is 23.7. The molecule has 0 saturated heterocycles. The van der Waals surface area contributed by atoms with Gasteiger partial charge in [0.25, 0.3) is 0 Å². The number of fused-ring (bicyclic) bond motifs is 1. The van der Waals surface area contributed by atoms with E-state index in [2.05, 4.69) is 41.4 Å². The number of anilines is 3. The maximum Gasteiger partial charge on any atom is 0.326 e. The quantitative estimate of drug-likeness (QED) is 0.293. The number of aromatic nitrogens is 6. The van der Waals surface area contributed by atoms with E-state index in [-0.39, 0.29) is 5.41 Å². The van der Waals surface area contributed by atoms with Crippen LogP contribution >= 0.6 is 0 Å². The summed E-state index contributed by atoms with van der Waals surface area (Å²) in [4.78, 5) is 26.5. The van der Waals surface area contributed by atoms with E-state index in [4.69, 9.17) is 15.8 Å². The summed E-state index contributed by atoms with van der Waals surface area (Å²) >= 11 is 0. The van der Waals surface area contributed by atoms with Crippen molar-refractivity contribution in [3.8, 4) is 16.9 Å². The van der Waals surface area contributed by atoms with Gasteiger partial charge in [-0.2, -0.15) is 5.10 Å². The van der Waals surface area contributed by atoms with Crippen LogP contribution in [0.1, 0.15) is 51.0 Å². The molecule has 38 heavy (non-hydrogen) atoms. The summed E-state index contributed by atoms with van der Waals surface area (Å²) in [6.45, 7) is 6.25. The second-order valence-corrected chi connectivity index (χ2v) is 10.5. The first-order valence-corrected chi connectivity index (χ1v) is 12.6. The number of pyridine rings is 1. The smallest absolute Gasteiger partial charge is 0.326 e. The molecule has 10 heteroatoms. The van der Waals surface area contributed by atoms with E-state index < -0.39 is 6.03 Å². The number of hydrogen-bond acceptors (Lipinski definition) is 6. The fraction of sp³-hybridized carbons (Fsp3) is 0.250. The summed E-state index contributed by atoms with van der Waals surface area (Å²) in [6.07, 6.45) is 7.52. The molecule has 2 amide bonds. The Labute approximate surface area is 220 Å². The molecule has 0 atom stereocenters. The lowest BCUT2D eigenvalue weighted by Gasteiger charge is -2.14. The molecular formula is C28H29N9O. The Morgan fingerprint density at radius 2 is 1.84 bits per heavy atom. The van der Waals surface area contributed by atoms with Gasteiger partial charge in [0.05, 0.1) is 11.4 Å². The predicted octanol–water partition coefficient (Wildman–Crippen LogP) is 5.38. The third-order valence-corrected chi connectivity index (χ3v) is 6.55. The van der Waals surface area contributed by atoms with Crippen molar-refractivity contribution in [2.24, 2.45) is 0 Å². The zero-order valence-corrected chi connectivity index (χ0v) is 21.5. The molecule has 5 aromatic rings. The topological polar surface area (TPSA) is 128 Å². The lowest BCUT2D eigenvalue weighted by Crippen LogP contribution is -2.21. The van der Waals surface area contributed by atoms with Crippen LogP contribution in [-0.2, 0) is 5.41 Å². The number of carbonyl (C=O) groups is 1. The van der Waals surface area contributed by atoms with Crippen LogP contribution in [0.15, 0.2) is 67.1 Å². The third kappa shape index (κ3) is 4.45. The highest BCUT2D eigenvalue weighted by Crippen LogP contribution is 2.42. The van der Waals surface area contributed by atoms with Gasteiger partial charge in [0.1, 0.15) is 34.5 Å². The molecule has 4 aromatic heterocycles. The molecule has 1 aliphatic rings. The first-order chi connectivity index (χ1) is 18.3. The number of nitrogens with zero attached hydrogens (tertiary/aromatic N) is 6. The minimum absolute atomic E-state index is 0.181. The molecular weight excluding hydrogens is 478 g/mol. The van der Waals surface area contributed by atoms with Gasteiger partial charge in [0.15, 0.2) is 0 Å². The van der Waals surface area contributed by atoms with Crippen molar-refractivity contribution in [3.05, 3.63) is 78.6 Å². The van der Waals surface area contributed by atoms with E-state index in [9.17, 15) is 4.79 Å². The number of rotatable bonds is 5. The molecule has 10 nitrogen and oxygen atoms in total. The molecule has 1 fully saturated rings. The SMILES string of the molecule is CC(C)(C)c1cc(NC(=O)Nc2ccc(-c3nc(C4CC4)n4ccnc(N)c34)cn2)n(-c2ccccc2)n1. The highest BCUT2D eigenvalue weighted by Gasteiger charge is 2.30. The standard InChI is InChI=1S/C28H29N9O/c1-28(2,3)20-15-22(37(35-20)19-7-5-4-6-8-19)33-27(38)32-21-12-11-18(16-31-21)23-24-25(29)30-13-14-36(24)26(34-23)17-9-10-17/h4-8,11-17H,9-10H2,1-3H3,(H2,29,30)(H2,31,32,33,38). The van der Waals surface area contributed by atoms with Gasteiger partial charge in [0, 0.05) is 41.6 Å². The summed E-state index contributed by atoms with van der Waals surface area (Å²) in [5.41, 5.74) is 10.1. The van der Waals surface area contributed by atoms with Gasteiger partial charge in [-0.3, -0.25) is 15.0 Å². The first-order valence-electron chi connectivity index (χ1n) is 12.6. The van der Waals surface area contributed by atoms with Crippen molar-refractivity contribution in [2.75, 3.05) is 16.4 Å². The van der Waals surface area contributed by atoms with Gasteiger partial charge in [-0.1, -0.05) is 39.0 Å². The summed E-state index contributed by atoms with van der Waals surface area (Å²) in [7, 11) is 0. The average Bonchev–Trinajstić information content (AvgIpc) is 3.52.